The Kier molecular flexibility index (Phi) is 5.66. The molecule has 0 aliphatic carbocycles. The van der Waals surface area contributed by atoms with Gasteiger partial charge in [0.25, 0.3) is 0 Å². The van der Waals surface area contributed by atoms with Crippen LogP contribution in [-0.2, 0) is 20.3 Å². The summed E-state index contributed by atoms with van der Waals surface area (Å²) in [7, 11) is -3.19. The Morgan fingerprint density at radius 2 is 1.74 bits per heavy atom. The van der Waals surface area contributed by atoms with Gasteiger partial charge in [-0.25, -0.2) is 13.2 Å². The van der Waals surface area contributed by atoms with Gasteiger partial charge in [0.1, 0.15) is 0 Å². The van der Waals surface area contributed by atoms with Gasteiger partial charge in [0.15, 0.2) is 15.9 Å². The number of ether oxygens (including phenoxy) is 1. The van der Waals surface area contributed by atoms with Gasteiger partial charge in [0, 0.05) is 12.5 Å². The molecule has 3 aromatic rings. The molecule has 5 nitrogen and oxygen atoms in total. The summed E-state index contributed by atoms with van der Waals surface area (Å²) in [5, 5.41) is 0. The van der Waals surface area contributed by atoms with Gasteiger partial charge in [0.2, 0.25) is 0 Å². The van der Waals surface area contributed by atoms with Crippen molar-refractivity contribution in [3.05, 3.63) is 101 Å². The van der Waals surface area contributed by atoms with Crippen molar-refractivity contribution in [1.82, 2.24) is 4.98 Å². The van der Waals surface area contributed by atoms with Crippen molar-refractivity contribution in [2.75, 3.05) is 6.26 Å². The van der Waals surface area contributed by atoms with Gasteiger partial charge < -0.3 is 4.74 Å². The van der Waals surface area contributed by atoms with Crippen molar-refractivity contribution < 1.29 is 17.9 Å². The molecule has 1 heterocycles. The molecule has 0 N–H and O–H groups in total. The van der Waals surface area contributed by atoms with Gasteiger partial charge in [-0.1, -0.05) is 48.5 Å². The molecule has 138 valence electrons. The van der Waals surface area contributed by atoms with Crippen molar-refractivity contribution in [3.8, 4) is 0 Å². The molecule has 1 atom stereocenters. The van der Waals surface area contributed by atoms with Crippen LogP contribution in [0.25, 0.3) is 0 Å². The summed E-state index contributed by atoms with van der Waals surface area (Å²) in [6.45, 7) is 0. The van der Waals surface area contributed by atoms with E-state index in [1.807, 2.05) is 36.4 Å². The van der Waals surface area contributed by atoms with Crippen molar-refractivity contribution in [2.24, 2.45) is 0 Å². The molecule has 0 amide bonds. The first-order valence-electron chi connectivity index (χ1n) is 8.36. The highest BCUT2D eigenvalue weighted by atomic mass is 32.2. The minimum atomic E-state index is -3.19. The number of nitrogens with zero attached hydrogens (tertiary/aromatic N) is 1. The lowest BCUT2D eigenvalue weighted by atomic mass is 10.1. The fraction of sp³-hybridized carbons (Fsp3) is 0.143. The zero-order chi connectivity index (χ0) is 19.3. The molecule has 0 spiro atoms. The quantitative estimate of drug-likeness (QED) is 0.610. The summed E-state index contributed by atoms with van der Waals surface area (Å²) in [6, 6.07) is 21.2. The van der Waals surface area contributed by atoms with Gasteiger partial charge >= 0.3 is 5.97 Å². The van der Waals surface area contributed by atoms with Crippen LogP contribution in [0.1, 0.15) is 33.3 Å². The zero-order valence-electron chi connectivity index (χ0n) is 14.8. The Labute approximate surface area is 158 Å². The second-order valence-corrected chi connectivity index (χ2v) is 8.36. The van der Waals surface area contributed by atoms with Crippen LogP contribution < -0.4 is 0 Å². The summed E-state index contributed by atoms with van der Waals surface area (Å²) in [4.78, 5) is 17.0. The molecule has 0 saturated carbocycles. The van der Waals surface area contributed by atoms with E-state index in [-0.39, 0.29) is 5.75 Å². The van der Waals surface area contributed by atoms with Crippen LogP contribution in [0.3, 0.4) is 0 Å². The Hall–Kier alpha value is -2.99. The fourth-order valence-corrected chi connectivity index (χ4v) is 3.51. The predicted octanol–water partition coefficient (Wildman–Crippen LogP) is 3.57. The third-order valence-corrected chi connectivity index (χ3v) is 4.73. The number of hydrogen-bond donors (Lipinski definition) is 0. The Balaban J connectivity index is 1.88. The van der Waals surface area contributed by atoms with E-state index in [9.17, 15) is 13.2 Å². The van der Waals surface area contributed by atoms with Crippen molar-refractivity contribution in [2.45, 2.75) is 11.9 Å². The Morgan fingerprint density at radius 3 is 2.41 bits per heavy atom. The topological polar surface area (TPSA) is 73.3 Å². The van der Waals surface area contributed by atoms with E-state index < -0.39 is 21.9 Å². The van der Waals surface area contributed by atoms with E-state index in [0.29, 0.717) is 16.8 Å². The SMILES string of the molecule is CS(=O)(=O)Cc1cccc(C(=O)OC(c2ccccc2)c2ccccn2)c1. The first-order chi connectivity index (χ1) is 12.9. The van der Waals surface area contributed by atoms with Crippen LogP contribution >= 0.6 is 0 Å². The summed E-state index contributed by atoms with van der Waals surface area (Å²) in [6.07, 6.45) is 2.15. The number of carbonyl (C=O) groups excluding carboxylic acids is 1. The Morgan fingerprint density at radius 1 is 1.00 bits per heavy atom. The second kappa shape index (κ2) is 8.14. The van der Waals surface area contributed by atoms with Crippen LogP contribution in [0.15, 0.2) is 79.0 Å². The van der Waals surface area contributed by atoms with Crippen LogP contribution in [0.2, 0.25) is 0 Å². The first kappa shape index (κ1) is 18.8. The molecule has 0 fully saturated rings. The minimum Gasteiger partial charge on any atom is -0.447 e. The number of carbonyl (C=O) groups is 1. The summed E-state index contributed by atoms with van der Waals surface area (Å²) >= 11 is 0. The van der Waals surface area contributed by atoms with Gasteiger partial charge in [-0.05, 0) is 35.4 Å². The smallest absolute Gasteiger partial charge is 0.339 e. The number of pyridine rings is 1. The number of hydrogen-bond acceptors (Lipinski definition) is 5. The second-order valence-electron chi connectivity index (χ2n) is 6.22. The summed E-state index contributed by atoms with van der Waals surface area (Å²) < 4.78 is 28.8. The molecule has 3 rings (SSSR count). The first-order valence-corrected chi connectivity index (χ1v) is 10.4. The summed E-state index contributed by atoms with van der Waals surface area (Å²) in [5.41, 5.74) is 2.26. The zero-order valence-corrected chi connectivity index (χ0v) is 15.6. The maximum absolute atomic E-state index is 12.7. The third-order valence-electron chi connectivity index (χ3n) is 3.88. The highest BCUT2D eigenvalue weighted by Gasteiger charge is 2.21. The van der Waals surface area contributed by atoms with Gasteiger partial charge in [-0.3, -0.25) is 4.98 Å². The minimum absolute atomic E-state index is 0.128. The molecular weight excluding hydrogens is 362 g/mol. The van der Waals surface area contributed by atoms with Crippen LogP contribution in [-0.4, -0.2) is 25.6 Å². The lowest BCUT2D eigenvalue weighted by molar-refractivity contribution is 0.0370. The monoisotopic (exact) mass is 381 g/mol. The summed E-state index contributed by atoms with van der Waals surface area (Å²) in [5.74, 6) is -0.666. The molecule has 0 aliphatic heterocycles. The molecule has 0 bridgehead atoms. The molecule has 1 unspecified atom stereocenters. The van der Waals surface area contributed by atoms with Gasteiger partial charge in [-0.15, -0.1) is 0 Å². The standard InChI is InChI=1S/C21H19NO4S/c1-27(24,25)15-16-8-7-11-18(14-16)21(23)26-20(17-9-3-2-4-10-17)19-12-5-6-13-22-19/h2-14,20H,15H2,1H3. The molecule has 27 heavy (non-hydrogen) atoms. The molecule has 0 saturated heterocycles. The molecular formula is C21H19NO4S. The maximum atomic E-state index is 12.7. The number of esters is 1. The van der Waals surface area contributed by atoms with E-state index >= 15 is 0 Å². The molecule has 1 aromatic heterocycles. The average molecular weight is 381 g/mol. The number of aromatic nitrogens is 1. The van der Waals surface area contributed by atoms with E-state index in [0.717, 1.165) is 11.8 Å². The predicted molar refractivity (Wildman–Crippen MR) is 103 cm³/mol. The van der Waals surface area contributed by atoms with Crippen molar-refractivity contribution in [3.63, 3.8) is 0 Å². The number of benzene rings is 2. The van der Waals surface area contributed by atoms with Crippen LogP contribution in [0.4, 0.5) is 0 Å². The lowest BCUT2D eigenvalue weighted by Crippen LogP contribution is -2.14. The average Bonchev–Trinajstić information content (AvgIpc) is 2.66. The van der Waals surface area contributed by atoms with Gasteiger partial charge in [0.05, 0.1) is 17.0 Å². The molecule has 2 aromatic carbocycles. The highest BCUT2D eigenvalue weighted by Crippen LogP contribution is 2.25. The lowest BCUT2D eigenvalue weighted by Gasteiger charge is -2.18. The largest absolute Gasteiger partial charge is 0.447 e. The van der Waals surface area contributed by atoms with E-state index in [1.165, 1.54) is 0 Å². The van der Waals surface area contributed by atoms with E-state index in [2.05, 4.69) is 4.98 Å². The van der Waals surface area contributed by atoms with E-state index in [4.69, 9.17) is 4.74 Å². The van der Waals surface area contributed by atoms with Crippen LogP contribution in [0.5, 0.6) is 0 Å². The fourth-order valence-electron chi connectivity index (χ4n) is 2.72. The number of rotatable bonds is 6. The Bertz CT molecular complexity index is 979. The highest BCUT2D eigenvalue weighted by molar-refractivity contribution is 7.89. The maximum Gasteiger partial charge on any atom is 0.339 e. The number of sulfone groups is 1. The molecule has 6 heteroatoms. The third kappa shape index (κ3) is 5.24. The van der Waals surface area contributed by atoms with Crippen molar-refractivity contribution >= 4 is 15.8 Å². The van der Waals surface area contributed by atoms with E-state index in [1.54, 1.807) is 42.6 Å². The van der Waals surface area contributed by atoms with Crippen LogP contribution in [0, 0.1) is 0 Å². The van der Waals surface area contributed by atoms with Gasteiger partial charge in [-0.2, -0.15) is 0 Å². The molecule has 0 radical (unpaired) electrons. The molecule has 0 aliphatic rings. The normalized spacial score (nSPS) is 12.3. The van der Waals surface area contributed by atoms with Crippen molar-refractivity contribution in [1.29, 1.82) is 0 Å².